The van der Waals surface area contributed by atoms with Gasteiger partial charge in [-0.1, -0.05) is 25.0 Å². The van der Waals surface area contributed by atoms with E-state index in [1.54, 1.807) is 11.1 Å². The van der Waals surface area contributed by atoms with Crippen molar-refractivity contribution in [2.75, 3.05) is 20.1 Å². The molecule has 1 aliphatic rings. The molecule has 0 aromatic carbocycles. The summed E-state index contributed by atoms with van der Waals surface area (Å²) < 4.78 is 0. The van der Waals surface area contributed by atoms with Gasteiger partial charge in [-0.2, -0.15) is 0 Å². The summed E-state index contributed by atoms with van der Waals surface area (Å²) in [5.41, 5.74) is 3.27. The fraction of sp³-hybridized carbons (Fsp3) is 0.800. The molecule has 0 bridgehead atoms. The van der Waals surface area contributed by atoms with E-state index in [0.29, 0.717) is 0 Å². The van der Waals surface area contributed by atoms with Gasteiger partial charge in [-0.05, 0) is 26.3 Å². The standard InChI is InChI=1S/C10H19N/c1-8(2)10-7-11(4)6-5-9(10)3/h8H,5-7H2,1-4H3. The van der Waals surface area contributed by atoms with Gasteiger partial charge in [0.2, 0.25) is 0 Å². The van der Waals surface area contributed by atoms with Gasteiger partial charge < -0.3 is 4.90 Å². The summed E-state index contributed by atoms with van der Waals surface area (Å²) in [7, 11) is 2.20. The van der Waals surface area contributed by atoms with Gasteiger partial charge in [0.25, 0.3) is 0 Å². The van der Waals surface area contributed by atoms with E-state index in [0.717, 1.165) is 5.92 Å². The Kier molecular flexibility index (Phi) is 2.72. The Labute approximate surface area is 70.1 Å². The molecule has 0 fully saturated rings. The molecular weight excluding hydrogens is 134 g/mol. The van der Waals surface area contributed by atoms with Crippen LogP contribution in [-0.4, -0.2) is 25.0 Å². The Bertz CT molecular complexity index is 168. The van der Waals surface area contributed by atoms with E-state index in [1.807, 2.05) is 0 Å². The van der Waals surface area contributed by atoms with E-state index in [4.69, 9.17) is 0 Å². The molecule has 1 heterocycles. The maximum atomic E-state index is 2.41. The minimum absolute atomic E-state index is 0.734. The van der Waals surface area contributed by atoms with Gasteiger partial charge in [-0.25, -0.2) is 0 Å². The van der Waals surface area contributed by atoms with Crippen molar-refractivity contribution in [2.45, 2.75) is 27.2 Å². The lowest BCUT2D eigenvalue weighted by molar-refractivity contribution is 0.334. The van der Waals surface area contributed by atoms with Crippen LogP contribution in [0.25, 0.3) is 0 Å². The lowest BCUT2D eigenvalue weighted by Crippen LogP contribution is -2.29. The van der Waals surface area contributed by atoms with Crippen molar-refractivity contribution in [3.8, 4) is 0 Å². The van der Waals surface area contributed by atoms with Crippen molar-refractivity contribution >= 4 is 0 Å². The second-order valence-corrected chi connectivity index (χ2v) is 3.95. The van der Waals surface area contributed by atoms with E-state index in [2.05, 4.69) is 32.7 Å². The van der Waals surface area contributed by atoms with Crippen LogP contribution in [-0.2, 0) is 0 Å². The summed E-state index contributed by atoms with van der Waals surface area (Å²) in [6.07, 6.45) is 1.27. The fourth-order valence-electron chi connectivity index (χ4n) is 1.70. The first-order chi connectivity index (χ1) is 5.11. The van der Waals surface area contributed by atoms with Gasteiger partial charge in [0, 0.05) is 13.1 Å². The molecule has 0 saturated heterocycles. The van der Waals surface area contributed by atoms with Crippen LogP contribution in [0.1, 0.15) is 27.2 Å². The zero-order chi connectivity index (χ0) is 8.43. The summed E-state index contributed by atoms with van der Waals surface area (Å²) >= 11 is 0. The maximum Gasteiger partial charge on any atom is 0.0195 e. The third-order valence-electron chi connectivity index (χ3n) is 2.55. The Balaban J connectivity index is 2.71. The van der Waals surface area contributed by atoms with E-state index in [1.165, 1.54) is 19.5 Å². The van der Waals surface area contributed by atoms with Crippen LogP contribution in [0.4, 0.5) is 0 Å². The smallest absolute Gasteiger partial charge is 0.0195 e. The molecule has 0 radical (unpaired) electrons. The average Bonchev–Trinajstić information content (AvgIpc) is 1.94. The summed E-state index contributed by atoms with van der Waals surface area (Å²) in [4.78, 5) is 2.41. The molecule has 0 amide bonds. The monoisotopic (exact) mass is 153 g/mol. The lowest BCUT2D eigenvalue weighted by atomic mass is 9.93. The molecule has 0 unspecified atom stereocenters. The van der Waals surface area contributed by atoms with Crippen molar-refractivity contribution in [1.82, 2.24) is 4.90 Å². The van der Waals surface area contributed by atoms with Crippen LogP contribution in [0, 0.1) is 5.92 Å². The van der Waals surface area contributed by atoms with Gasteiger partial charge in [-0.15, -0.1) is 0 Å². The molecule has 0 aromatic rings. The largest absolute Gasteiger partial charge is 0.302 e. The SMILES string of the molecule is CC1=C(C(C)C)CN(C)CC1. The first kappa shape index (κ1) is 8.79. The van der Waals surface area contributed by atoms with Crippen LogP contribution < -0.4 is 0 Å². The Morgan fingerprint density at radius 3 is 2.45 bits per heavy atom. The predicted molar refractivity (Wildman–Crippen MR) is 49.7 cm³/mol. The van der Waals surface area contributed by atoms with E-state index >= 15 is 0 Å². The van der Waals surface area contributed by atoms with Crippen molar-refractivity contribution in [1.29, 1.82) is 0 Å². The Morgan fingerprint density at radius 2 is 2.00 bits per heavy atom. The van der Waals surface area contributed by atoms with Crippen LogP contribution in [0.5, 0.6) is 0 Å². The minimum Gasteiger partial charge on any atom is -0.302 e. The van der Waals surface area contributed by atoms with Crippen molar-refractivity contribution in [2.24, 2.45) is 5.92 Å². The molecule has 1 rings (SSSR count). The predicted octanol–water partition coefficient (Wildman–Crippen LogP) is 2.29. The van der Waals surface area contributed by atoms with Crippen LogP contribution in [0.2, 0.25) is 0 Å². The molecule has 1 nitrogen and oxygen atoms in total. The number of likely N-dealkylation sites (N-methyl/N-ethyl adjacent to an activating group) is 1. The second kappa shape index (κ2) is 3.40. The Hall–Kier alpha value is -0.300. The second-order valence-electron chi connectivity index (χ2n) is 3.95. The lowest BCUT2D eigenvalue weighted by Gasteiger charge is -2.28. The van der Waals surface area contributed by atoms with Gasteiger partial charge in [0.15, 0.2) is 0 Å². The van der Waals surface area contributed by atoms with Crippen LogP contribution in [0.3, 0.4) is 0 Å². The average molecular weight is 153 g/mol. The van der Waals surface area contributed by atoms with Gasteiger partial charge in [0.1, 0.15) is 0 Å². The van der Waals surface area contributed by atoms with Crippen LogP contribution >= 0.6 is 0 Å². The molecule has 0 aromatic heterocycles. The highest BCUT2D eigenvalue weighted by atomic mass is 15.1. The van der Waals surface area contributed by atoms with E-state index in [-0.39, 0.29) is 0 Å². The number of nitrogens with zero attached hydrogens (tertiary/aromatic N) is 1. The summed E-state index contributed by atoms with van der Waals surface area (Å²) in [6.45, 7) is 9.28. The molecule has 0 saturated carbocycles. The molecule has 0 atom stereocenters. The van der Waals surface area contributed by atoms with Gasteiger partial charge in [-0.3, -0.25) is 0 Å². The normalized spacial score (nSPS) is 21.5. The maximum absolute atomic E-state index is 2.41. The molecule has 0 N–H and O–H groups in total. The van der Waals surface area contributed by atoms with Crippen LogP contribution in [0.15, 0.2) is 11.1 Å². The van der Waals surface area contributed by atoms with E-state index in [9.17, 15) is 0 Å². The van der Waals surface area contributed by atoms with Gasteiger partial charge >= 0.3 is 0 Å². The molecular formula is C10H19N. The minimum atomic E-state index is 0.734. The first-order valence-corrected chi connectivity index (χ1v) is 4.48. The highest BCUT2D eigenvalue weighted by Gasteiger charge is 2.14. The third kappa shape index (κ3) is 2.06. The molecule has 11 heavy (non-hydrogen) atoms. The number of rotatable bonds is 1. The molecule has 1 heteroatoms. The van der Waals surface area contributed by atoms with Crippen molar-refractivity contribution in [3.05, 3.63) is 11.1 Å². The van der Waals surface area contributed by atoms with Crippen molar-refractivity contribution in [3.63, 3.8) is 0 Å². The molecule has 0 spiro atoms. The molecule has 0 aliphatic carbocycles. The van der Waals surface area contributed by atoms with Gasteiger partial charge in [0.05, 0.1) is 0 Å². The molecule has 64 valence electrons. The summed E-state index contributed by atoms with van der Waals surface area (Å²) in [5, 5.41) is 0. The number of hydrogen-bond acceptors (Lipinski definition) is 1. The summed E-state index contributed by atoms with van der Waals surface area (Å²) in [5.74, 6) is 0.734. The highest BCUT2D eigenvalue weighted by Crippen LogP contribution is 2.22. The quantitative estimate of drug-likeness (QED) is 0.522. The fourth-order valence-corrected chi connectivity index (χ4v) is 1.70. The third-order valence-corrected chi connectivity index (χ3v) is 2.55. The number of hydrogen-bond donors (Lipinski definition) is 0. The zero-order valence-electron chi connectivity index (χ0n) is 8.15. The summed E-state index contributed by atoms with van der Waals surface area (Å²) in [6, 6.07) is 0. The topological polar surface area (TPSA) is 3.24 Å². The molecule has 1 aliphatic heterocycles. The highest BCUT2D eigenvalue weighted by molar-refractivity contribution is 5.18. The van der Waals surface area contributed by atoms with Crippen molar-refractivity contribution < 1.29 is 0 Å². The first-order valence-electron chi connectivity index (χ1n) is 4.48. The van der Waals surface area contributed by atoms with E-state index < -0.39 is 0 Å². The Morgan fingerprint density at radius 1 is 1.36 bits per heavy atom. The zero-order valence-corrected chi connectivity index (χ0v) is 8.15.